The van der Waals surface area contributed by atoms with E-state index in [9.17, 15) is 0 Å². The van der Waals surface area contributed by atoms with Crippen molar-refractivity contribution in [1.29, 1.82) is 0 Å². The molecule has 0 saturated carbocycles. The fraction of sp³-hybridized carbons (Fsp3) is 0.250. The fourth-order valence-electron chi connectivity index (χ4n) is 1.85. The van der Waals surface area contributed by atoms with Crippen LogP contribution in [0.2, 0.25) is 5.02 Å². The Bertz CT molecular complexity index is 426. The summed E-state index contributed by atoms with van der Waals surface area (Å²) >= 11 is 5.85. The topological polar surface area (TPSA) is 12.0 Å². The van der Waals surface area contributed by atoms with Crippen LogP contribution in [0.5, 0.6) is 0 Å². The van der Waals surface area contributed by atoms with Gasteiger partial charge in [0, 0.05) is 17.3 Å². The van der Waals surface area contributed by atoms with Crippen LogP contribution in [-0.4, -0.2) is 6.54 Å². The van der Waals surface area contributed by atoms with Gasteiger partial charge in [-0.15, -0.1) is 0 Å². The SMILES string of the molecule is Cc1ccc(NCCCc2ccc(Cl)cc2)cc1. The Hall–Kier alpha value is -1.47. The molecule has 0 aliphatic rings. The first kappa shape index (κ1) is 13.0. The molecule has 1 N–H and O–H groups in total. The van der Waals surface area contributed by atoms with E-state index in [-0.39, 0.29) is 0 Å². The van der Waals surface area contributed by atoms with Gasteiger partial charge in [0.2, 0.25) is 0 Å². The third-order valence-corrected chi connectivity index (χ3v) is 3.19. The number of halogens is 1. The molecule has 2 rings (SSSR count). The van der Waals surface area contributed by atoms with Gasteiger partial charge in [0.25, 0.3) is 0 Å². The average Bonchev–Trinajstić information content (AvgIpc) is 2.39. The molecule has 0 radical (unpaired) electrons. The van der Waals surface area contributed by atoms with Gasteiger partial charge in [-0.25, -0.2) is 0 Å². The summed E-state index contributed by atoms with van der Waals surface area (Å²) in [4.78, 5) is 0. The van der Waals surface area contributed by atoms with Gasteiger partial charge in [-0.3, -0.25) is 0 Å². The molecule has 2 aromatic rings. The molecule has 18 heavy (non-hydrogen) atoms. The molecule has 1 nitrogen and oxygen atoms in total. The maximum Gasteiger partial charge on any atom is 0.0406 e. The summed E-state index contributed by atoms with van der Waals surface area (Å²) in [5.74, 6) is 0. The lowest BCUT2D eigenvalue weighted by atomic mass is 10.1. The van der Waals surface area contributed by atoms with E-state index in [0.29, 0.717) is 0 Å². The second-order valence-corrected chi connectivity index (χ2v) is 4.96. The minimum Gasteiger partial charge on any atom is -0.385 e. The predicted octanol–water partition coefficient (Wildman–Crippen LogP) is 4.69. The maximum absolute atomic E-state index is 5.85. The Morgan fingerprint density at radius 3 is 2.28 bits per heavy atom. The quantitative estimate of drug-likeness (QED) is 0.768. The van der Waals surface area contributed by atoms with Crippen molar-refractivity contribution in [3.05, 3.63) is 64.7 Å². The number of rotatable bonds is 5. The zero-order chi connectivity index (χ0) is 12.8. The van der Waals surface area contributed by atoms with E-state index >= 15 is 0 Å². The molecule has 0 aliphatic heterocycles. The molecule has 94 valence electrons. The van der Waals surface area contributed by atoms with Crippen molar-refractivity contribution in [1.82, 2.24) is 0 Å². The van der Waals surface area contributed by atoms with Crippen molar-refractivity contribution >= 4 is 17.3 Å². The molecule has 0 spiro atoms. The van der Waals surface area contributed by atoms with Crippen LogP contribution in [0, 0.1) is 6.92 Å². The number of nitrogens with one attached hydrogen (secondary N) is 1. The first-order valence-corrected chi connectivity index (χ1v) is 6.67. The van der Waals surface area contributed by atoms with Crippen LogP contribution < -0.4 is 5.32 Å². The summed E-state index contributed by atoms with van der Waals surface area (Å²) in [6.07, 6.45) is 2.20. The highest BCUT2D eigenvalue weighted by atomic mass is 35.5. The van der Waals surface area contributed by atoms with Crippen LogP contribution in [0.25, 0.3) is 0 Å². The molecule has 0 atom stereocenters. The minimum absolute atomic E-state index is 0.802. The second-order valence-electron chi connectivity index (χ2n) is 4.52. The standard InChI is InChI=1S/C16H18ClN/c1-13-4-10-16(11-5-13)18-12-2-3-14-6-8-15(17)9-7-14/h4-11,18H,2-3,12H2,1H3. The summed E-state index contributed by atoms with van der Waals surface area (Å²) in [6.45, 7) is 3.09. The van der Waals surface area contributed by atoms with Gasteiger partial charge in [-0.05, 0) is 49.6 Å². The summed E-state index contributed by atoms with van der Waals surface area (Å²) in [5.41, 5.74) is 3.82. The Morgan fingerprint density at radius 1 is 0.944 bits per heavy atom. The van der Waals surface area contributed by atoms with Gasteiger partial charge in [0.1, 0.15) is 0 Å². The molecule has 0 amide bonds. The first-order valence-electron chi connectivity index (χ1n) is 6.29. The molecule has 0 fully saturated rings. The second kappa shape index (κ2) is 6.46. The number of aryl methyl sites for hydroxylation is 2. The summed E-state index contributed by atoms with van der Waals surface area (Å²) in [7, 11) is 0. The van der Waals surface area contributed by atoms with Gasteiger partial charge in [-0.1, -0.05) is 41.4 Å². The lowest BCUT2D eigenvalue weighted by Gasteiger charge is -2.06. The lowest BCUT2D eigenvalue weighted by Crippen LogP contribution is -2.02. The summed E-state index contributed by atoms with van der Waals surface area (Å²) in [5, 5.41) is 4.23. The van der Waals surface area contributed by atoms with Crippen molar-refractivity contribution in [3.8, 4) is 0 Å². The molecule has 0 heterocycles. The van der Waals surface area contributed by atoms with Crippen molar-refractivity contribution in [2.45, 2.75) is 19.8 Å². The minimum atomic E-state index is 0.802. The summed E-state index contributed by atoms with van der Waals surface area (Å²) in [6, 6.07) is 16.6. The van der Waals surface area contributed by atoms with E-state index in [0.717, 1.165) is 24.4 Å². The van der Waals surface area contributed by atoms with E-state index in [1.165, 1.54) is 16.8 Å². The van der Waals surface area contributed by atoms with Gasteiger partial charge in [0.15, 0.2) is 0 Å². The van der Waals surface area contributed by atoms with Gasteiger partial charge in [0.05, 0.1) is 0 Å². The van der Waals surface area contributed by atoms with Crippen LogP contribution >= 0.6 is 11.6 Å². The van der Waals surface area contributed by atoms with Gasteiger partial charge in [-0.2, -0.15) is 0 Å². The third-order valence-electron chi connectivity index (χ3n) is 2.94. The molecule has 0 aliphatic carbocycles. The molecule has 0 unspecified atom stereocenters. The van der Waals surface area contributed by atoms with Crippen molar-refractivity contribution in [3.63, 3.8) is 0 Å². The van der Waals surface area contributed by atoms with E-state index in [2.05, 4.69) is 48.6 Å². The average molecular weight is 260 g/mol. The highest BCUT2D eigenvalue weighted by Gasteiger charge is 1.95. The van der Waals surface area contributed by atoms with E-state index < -0.39 is 0 Å². The van der Waals surface area contributed by atoms with Crippen LogP contribution in [-0.2, 0) is 6.42 Å². The monoisotopic (exact) mass is 259 g/mol. The highest BCUT2D eigenvalue weighted by Crippen LogP contribution is 2.12. The van der Waals surface area contributed by atoms with Crippen molar-refractivity contribution in [2.24, 2.45) is 0 Å². The zero-order valence-electron chi connectivity index (χ0n) is 10.6. The van der Waals surface area contributed by atoms with Crippen molar-refractivity contribution < 1.29 is 0 Å². The smallest absolute Gasteiger partial charge is 0.0406 e. The van der Waals surface area contributed by atoms with Gasteiger partial charge >= 0.3 is 0 Å². The van der Waals surface area contributed by atoms with Crippen LogP contribution in [0.3, 0.4) is 0 Å². The molecule has 0 saturated heterocycles. The predicted molar refractivity (Wildman–Crippen MR) is 79.4 cm³/mol. The van der Waals surface area contributed by atoms with E-state index in [1.54, 1.807) is 0 Å². The Kier molecular flexibility index (Phi) is 4.66. The van der Waals surface area contributed by atoms with E-state index in [1.807, 2.05) is 12.1 Å². The number of anilines is 1. The first-order chi connectivity index (χ1) is 8.74. The highest BCUT2D eigenvalue weighted by molar-refractivity contribution is 6.30. The lowest BCUT2D eigenvalue weighted by molar-refractivity contribution is 0.863. The molecule has 0 bridgehead atoms. The maximum atomic E-state index is 5.85. The molecule has 2 aromatic carbocycles. The number of hydrogen-bond acceptors (Lipinski definition) is 1. The summed E-state index contributed by atoms with van der Waals surface area (Å²) < 4.78 is 0. The third kappa shape index (κ3) is 4.08. The Labute approximate surface area is 114 Å². The fourth-order valence-corrected chi connectivity index (χ4v) is 1.97. The molecular formula is C16H18ClN. The van der Waals surface area contributed by atoms with Gasteiger partial charge < -0.3 is 5.32 Å². The number of benzene rings is 2. The molecule has 0 aromatic heterocycles. The largest absolute Gasteiger partial charge is 0.385 e. The van der Waals surface area contributed by atoms with Crippen LogP contribution in [0.4, 0.5) is 5.69 Å². The molecular weight excluding hydrogens is 242 g/mol. The Balaban J connectivity index is 1.73. The zero-order valence-corrected chi connectivity index (χ0v) is 11.4. The van der Waals surface area contributed by atoms with E-state index in [4.69, 9.17) is 11.6 Å². The van der Waals surface area contributed by atoms with Crippen molar-refractivity contribution in [2.75, 3.05) is 11.9 Å². The van der Waals surface area contributed by atoms with Crippen LogP contribution in [0.1, 0.15) is 17.5 Å². The molecule has 2 heteroatoms. The Morgan fingerprint density at radius 2 is 1.61 bits per heavy atom. The van der Waals surface area contributed by atoms with Crippen LogP contribution in [0.15, 0.2) is 48.5 Å². The normalized spacial score (nSPS) is 10.3. The number of hydrogen-bond donors (Lipinski definition) is 1.